The summed E-state index contributed by atoms with van der Waals surface area (Å²) in [6, 6.07) is 19.1. The fraction of sp³-hybridized carbons (Fsp3) is 0.280. The maximum Gasteiger partial charge on any atom is 0.278 e. The van der Waals surface area contributed by atoms with Crippen LogP contribution in [0.25, 0.3) is 16.6 Å². The zero-order valence-corrected chi connectivity index (χ0v) is 18.6. The van der Waals surface area contributed by atoms with Crippen molar-refractivity contribution in [2.24, 2.45) is 0 Å². The minimum absolute atomic E-state index is 0.223. The van der Waals surface area contributed by atoms with Crippen LogP contribution in [0.15, 0.2) is 65.5 Å². The van der Waals surface area contributed by atoms with Crippen LogP contribution in [0, 0.1) is 13.8 Å². The average Bonchev–Trinajstić information content (AvgIpc) is 3.18. The maximum atomic E-state index is 13.3. The van der Waals surface area contributed by atoms with Gasteiger partial charge in [0, 0.05) is 6.54 Å². The molecular formula is C25H27N5O2. The van der Waals surface area contributed by atoms with Crippen LogP contribution < -0.4 is 10.9 Å². The highest BCUT2D eigenvalue weighted by Crippen LogP contribution is 2.20. The minimum atomic E-state index is -0.721. The van der Waals surface area contributed by atoms with E-state index in [1.807, 2.05) is 62.4 Å². The summed E-state index contributed by atoms with van der Waals surface area (Å²) >= 11 is 0. The predicted molar refractivity (Wildman–Crippen MR) is 125 cm³/mol. The summed E-state index contributed by atoms with van der Waals surface area (Å²) in [5, 5.41) is 12.5. The molecule has 0 saturated heterocycles. The molecule has 0 spiro atoms. The molecule has 4 aromatic rings. The first-order valence-corrected chi connectivity index (χ1v) is 10.8. The summed E-state index contributed by atoms with van der Waals surface area (Å²) in [5.41, 5.74) is 3.70. The lowest BCUT2D eigenvalue weighted by molar-refractivity contribution is -0.124. The number of aryl methyl sites for hydroxylation is 3. The normalized spacial score (nSPS) is 12.1. The second-order valence-corrected chi connectivity index (χ2v) is 7.95. The molecule has 0 bridgehead atoms. The van der Waals surface area contributed by atoms with Gasteiger partial charge in [-0.25, -0.2) is 9.36 Å². The summed E-state index contributed by atoms with van der Waals surface area (Å²) in [6.07, 6.45) is 1.71. The lowest BCUT2D eigenvalue weighted by atomic mass is 10.1. The van der Waals surface area contributed by atoms with Crippen LogP contribution >= 0.6 is 0 Å². The summed E-state index contributed by atoms with van der Waals surface area (Å²) in [6.45, 7) is 5.91. The van der Waals surface area contributed by atoms with Crippen molar-refractivity contribution >= 4 is 16.8 Å². The van der Waals surface area contributed by atoms with Crippen molar-refractivity contribution in [1.29, 1.82) is 0 Å². The van der Waals surface area contributed by atoms with Crippen molar-refractivity contribution in [1.82, 2.24) is 24.9 Å². The molecule has 0 unspecified atom stereocenters. The Labute approximate surface area is 186 Å². The molecule has 7 nitrogen and oxygen atoms in total. The number of carbonyl (C=O) groups is 1. The second-order valence-electron chi connectivity index (χ2n) is 7.95. The highest BCUT2D eigenvalue weighted by Gasteiger charge is 2.23. The second kappa shape index (κ2) is 9.18. The Morgan fingerprint density at radius 1 is 1.00 bits per heavy atom. The van der Waals surface area contributed by atoms with Gasteiger partial charge in [0.05, 0.1) is 22.5 Å². The maximum absolute atomic E-state index is 13.3. The van der Waals surface area contributed by atoms with E-state index >= 15 is 0 Å². The summed E-state index contributed by atoms with van der Waals surface area (Å²) < 4.78 is 3.02. The number of aromatic nitrogens is 4. The third-order valence-corrected chi connectivity index (χ3v) is 5.67. The summed E-state index contributed by atoms with van der Waals surface area (Å²) in [5.74, 6) is -0.223. The highest BCUT2D eigenvalue weighted by atomic mass is 16.2. The number of hydrogen-bond donors (Lipinski definition) is 1. The number of rotatable bonds is 7. The number of amides is 1. The van der Waals surface area contributed by atoms with E-state index in [9.17, 15) is 9.59 Å². The third kappa shape index (κ3) is 4.19. The van der Waals surface area contributed by atoms with E-state index < -0.39 is 6.04 Å². The van der Waals surface area contributed by atoms with Crippen molar-refractivity contribution < 1.29 is 4.79 Å². The van der Waals surface area contributed by atoms with Crippen molar-refractivity contribution in [3.63, 3.8) is 0 Å². The van der Waals surface area contributed by atoms with E-state index in [0.29, 0.717) is 23.1 Å². The SMILES string of the molecule is Cc1nn([C@@H](C)C(=O)NCCCc2ccccc2)c(=O)c2c(C)n(-c3ccccc3)nc12. The van der Waals surface area contributed by atoms with Gasteiger partial charge < -0.3 is 5.32 Å². The molecule has 1 atom stereocenters. The molecule has 164 valence electrons. The zero-order chi connectivity index (χ0) is 22.7. The lowest BCUT2D eigenvalue weighted by Gasteiger charge is -2.15. The van der Waals surface area contributed by atoms with Crippen molar-refractivity contribution in [3.8, 4) is 5.69 Å². The van der Waals surface area contributed by atoms with E-state index in [1.165, 1.54) is 10.2 Å². The van der Waals surface area contributed by atoms with Crippen LogP contribution in [0.1, 0.15) is 36.3 Å². The van der Waals surface area contributed by atoms with Gasteiger partial charge in [-0.3, -0.25) is 9.59 Å². The fourth-order valence-corrected chi connectivity index (χ4v) is 3.87. The van der Waals surface area contributed by atoms with Crippen molar-refractivity contribution in [3.05, 3.63) is 88.0 Å². The number of nitrogens with one attached hydrogen (secondary N) is 1. The van der Waals surface area contributed by atoms with Gasteiger partial charge in [0.2, 0.25) is 5.91 Å². The van der Waals surface area contributed by atoms with Crippen molar-refractivity contribution in [2.75, 3.05) is 6.54 Å². The van der Waals surface area contributed by atoms with E-state index in [2.05, 4.69) is 27.6 Å². The van der Waals surface area contributed by atoms with Gasteiger partial charge in [0.1, 0.15) is 11.6 Å². The summed E-state index contributed by atoms with van der Waals surface area (Å²) in [7, 11) is 0. The van der Waals surface area contributed by atoms with Gasteiger partial charge in [0.15, 0.2) is 0 Å². The van der Waals surface area contributed by atoms with Gasteiger partial charge in [-0.1, -0.05) is 48.5 Å². The Bertz CT molecular complexity index is 1290. The molecule has 1 amide bonds. The predicted octanol–water partition coefficient (Wildman–Crippen LogP) is 3.51. The Morgan fingerprint density at radius 2 is 1.66 bits per heavy atom. The molecule has 0 radical (unpaired) electrons. The molecule has 0 aliphatic carbocycles. The largest absolute Gasteiger partial charge is 0.354 e. The van der Waals surface area contributed by atoms with Crippen LogP contribution in [-0.2, 0) is 11.2 Å². The van der Waals surface area contributed by atoms with E-state index in [1.54, 1.807) is 11.6 Å². The highest BCUT2D eigenvalue weighted by molar-refractivity contribution is 5.84. The molecule has 0 saturated carbocycles. The standard InChI is InChI=1S/C25H27N5O2/c1-17-23-22(18(2)29(28-23)21-14-8-5-9-15-21)25(32)30(27-17)19(3)24(31)26-16-10-13-20-11-6-4-7-12-20/h4-9,11-12,14-15,19H,10,13,16H2,1-3H3,(H,26,31)/t19-/m0/s1. The number of benzene rings is 2. The molecule has 7 heteroatoms. The molecule has 0 fully saturated rings. The number of para-hydroxylation sites is 1. The van der Waals surface area contributed by atoms with Gasteiger partial charge in [-0.15, -0.1) is 0 Å². The smallest absolute Gasteiger partial charge is 0.278 e. The first-order valence-electron chi connectivity index (χ1n) is 10.8. The van der Waals surface area contributed by atoms with Gasteiger partial charge in [-0.2, -0.15) is 10.2 Å². The van der Waals surface area contributed by atoms with Gasteiger partial charge in [0.25, 0.3) is 5.56 Å². The molecule has 2 aromatic carbocycles. The molecule has 32 heavy (non-hydrogen) atoms. The van der Waals surface area contributed by atoms with Crippen LogP contribution in [0.2, 0.25) is 0 Å². The lowest BCUT2D eigenvalue weighted by Crippen LogP contribution is -2.38. The number of nitrogens with zero attached hydrogens (tertiary/aromatic N) is 4. The molecule has 1 N–H and O–H groups in total. The average molecular weight is 430 g/mol. The molecule has 2 aromatic heterocycles. The van der Waals surface area contributed by atoms with E-state index in [4.69, 9.17) is 0 Å². The van der Waals surface area contributed by atoms with Crippen LogP contribution in [-0.4, -0.2) is 32.0 Å². The Balaban J connectivity index is 1.54. The Morgan fingerprint density at radius 3 is 2.34 bits per heavy atom. The minimum Gasteiger partial charge on any atom is -0.354 e. The third-order valence-electron chi connectivity index (χ3n) is 5.67. The van der Waals surface area contributed by atoms with Gasteiger partial charge >= 0.3 is 0 Å². The van der Waals surface area contributed by atoms with Crippen molar-refractivity contribution in [2.45, 2.75) is 39.7 Å². The molecule has 2 heterocycles. The molecular weight excluding hydrogens is 402 g/mol. The van der Waals surface area contributed by atoms with Gasteiger partial charge in [-0.05, 0) is 51.3 Å². The van der Waals surface area contributed by atoms with Crippen LogP contribution in [0.4, 0.5) is 0 Å². The van der Waals surface area contributed by atoms with Crippen LogP contribution in [0.5, 0.6) is 0 Å². The van der Waals surface area contributed by atoms with E-state index in [-0.39, 0.29) is 11.5 Å². The first kappa shape index (κ1) is 21.5. The zero-order valence-electron chi connectivity index (χ0n) is 18.6. The fourth-order valence-electron chi connectivity index (χ4n) is 3.87. The molecule has 0 aliphatic heterocycles. The summed E-state index contributed by atoms with van der Waals surface area (Å²) in [4.78, 5) is 26.0. The molecule has 4 rings (SSSR count). The number of hydrogen-bond acceptors (Lipinski definition) is 4. The molecule has 0 aliphatic rings. The Kier molecular flexibility index (Phi) is 6.16. The first-order chi connectivity index (χ1) is 15.5. The quantitative estimate of drug-likeness (QED) is 0.456. The topological polar surface area (TPSA) is 81.8 Å². The number of carbonyl (C=O) groups excluding carboxylic acids is 1. The van der Waals surface area contributed by atoms with Crippen LogP contribution in [0.3, 0.4) is 0 Å². The van der Waals surface area contributed by atoms with E-state index in [0.717, 1.165) is 24.2 Å². The Hall–Kier alpha value is -3.74. The number of fused-ring (bicyclic) bond motifs is 1. The monoisotopic (exact) mass is 429 g/mol.